The summed E-state index contributed by atoms with van der Waals surface area (Å²) in [5.74, 6) is -0.0719. The average Bonchev–Trinajstić information content (AvgIpc) is 2.96. The summed E-state index contributed by atoms with van der Waals surface area (Å²) in [6, 6.07) is 2.25. The van der Waals surface area contributed by atoms with Crippen LogP contribution in [-0.2, 0) is 6.42 Å². The molecule has 0 aromatic carbocycles. The molecule has 0 spiro atoms. The van der Waals surface area contributed by atoms with Gasteiger partial charge in [0.15, 0.2) is 5.69 Å². The lowest BCUT2D eigenvalue weighted by molar-refractivity contribution is -0.388. The summed E-state index contributed by atoms with van der Waals surface area (Å²) in [7, 11) is 0. The van der Waals surface area contributed by atoms with Crippen LogP contribution in [0.3, 0.4) is 0 Å². The van der Waals surface area contributed by atoms with E-state index in [1.54, 1.807) is 11.3 Å². The third-order valence-corrected chi connectivity index (χ3v) is 4.18. The fourth-order valence-corrected chi connectivity index (χ4v) is 3.34. The van der Waals surface area contributed by atoms with Crippen molar-refractivity contribution in [1.82, 2.24) is 10.2 Å². The molecule has 0 radical (unpaired) electrons. The Labute approximate surface area is 107 Å². The van der Waals surface area contributed by atoms with Gasteiger partial charge in [0.1, 0.15) is 6.20 Å². The van der Waals surface area contributed by atoms with Gasteiger partial charge >= 0.3 is 5.82 Å². The number of rotatable bonds is 3. The minimum absolute atomic E-state index is 0.0719. The Bertz CT molecular complexity index is 577. The highest BCUT2D eigenvalue weighted by molar-refractivity contribution is 7.10. The first kappa shape index (κ1) is 11.2. The molecule has 3 rings (SSSR count). The van der Waals surface area contributed by atoms with E-state index in [4.69, 9.17) is 0 Å². The molecule has 0 saturated heterocycles. The lowest BCUT2D eigenvalue weighted by Gasteiger charge is -2.23. The highest BCUT2D eigenvalue weighted by Crippen LogP contribution is 2.36. The summed E-state index contributed by atoms with van der Waals surface area (Å²) < 4.78 is 0. The summed E-state index contributed by atoms with van der Waals surface area (Å²) in [4.78, 5) is 11.7. The number of aryl methyl sites for hydroxylation is 1. The predicted molar refractivity (Wildman–Crippen MR) is 68.9 cm³/mol. The van der Waals surface area contributed by atoms with E-state index < -0.39 is 4.92 Å². The van der Waals surface area contributed by atoms with E-state index in [1.165, 1.54) is 16.6 Å². The third kappa shape index (κ3) is 1.86. The van der Waals surface area contributed by atoms with Crippen molar-refractivity contribution in [1.29, 1.82) is 0 Å². The Balaban J connectivity index is 1.86. The van der Waals surface area contributed by atoms with Gasteiger partial charge in [-0.2, -0.15) is 0 Å². The number of fused-ring (bicyclic) bond motifs is 1. The van der Waals surface area contributed by atoms with Crippen molar-refractivity contribution < 1.29 is 4.92 Å². The highest BCUT2D eigenvalue weighted by atomic mass is 32.1. The van der Waals surface area contributed by atoms with E-state index >= 15 is 0 Å². The van der Waals surface area contributed by atoms with Crippen LogP contribution < -0.4 is 5.32 Å². The molecule has 0 aliphatic heterocycles. The Morgan fingerprint density at radius 1 is 1.61 bits per heavy atom. The first-order valence-corrected chi connectivity index (χ1v) is 6.64. The van der Waals surface area contributed by atoms with Crippen LogP contribution in [-0.4, -0.2) is 15.1 Å². The van der Waals surface area contributed by atoms with Gasteiger partial charge in [-0.05, 0) is 41.2 Å². The Kier molecular flexibility index (Phi) is 2.75. The number of aromatic amines is 1. The molecule has 1 aliphatic carbocycles. The van der Waals surface area contributed by atoms with Crippen LogP contribution in [0, 0.1) is 10.1 Å². The van der Waals surface area contributed by atoms with Gasteiger partial charge in [-0.15, -0.1) is 16.4 Å². The van der Waals surface area contributed by atoms with Crippen LogP contribution in [0.15, 0.2) is 17.6 Å². The minimum Gasteiger partial charge on any atom is -0.370 e. The molecule has 1 unspecified atom stereocenters. The third-order valence-electron chi connectivity index (χ3n) is 3.18. The van der Waals surface area contributed by atoms with Gasteiger partial charge < -0.3 is 15.4 Å². The molecule has 2 aromatic heterocycles. The quantitative estimate of drug-likeness (QED) is 0.659. The number of thiophene rings is 1. The zero-order valence-corrected chi connectivity index (χ0v) is 10.4. The summed E-state index contributed by atoms with van der Waals surface area (Å²) in [6.07, 6.45) is 4.68. The Hall–Kier alpha value is -1.89. The van der Waals surface area contributed by atoms with E-state index in [-0.39, 0.29) is 11.9 Å². The van der Waals surface area contributed by atoms with Gasteiger partial charge in [0.05, 0.1) is 6.04 Å². The number of hydrogen-bond acceptors (Lipinski definition) is 5. The topological polar surface area (TPSA) is 83.8 Å². The molecule has 2 N–H and O–H groups in total. The first-order valence-electron chi connectivity index (χ1n) is 5.76. The van der Waals surface area contributed by atoms with E-state index in [1.807, 2.05) is 0 Å². The second-order valence-corrected chi connectivity index (χ2v) is 5.28. The van der Waals surface area contributed by atoms with Gasteiger partial charge in [0.2, 0.25) is 0 Å². The molecule has 94 valence electrons. The molecule has 2 heterocycles. The molecular weight excluding hydrogens is 252 g/mol. The number of anilines is 1. The number of hydrogen-bond donors (Lipinski definition) is 2. The molecule has 7 heteroatoms. The monoisotopic (exact) mass is 264 g/mol. The number of nitrogens with zero attached hydrogens (tertiary/aromatic N) is 2. The van der Waals surface area contributed by atoms with Crippen LogP contribution in [0.2, 0.25) is 0 Å². The molecule has 0 bridgehead atoms. The van der Waals surface area contributed by atoms with Crippen LogP contribution >= 0.6 is 11.3 Å². The van der Waals surface area contributed by atoms with Crippen molar-refractivity contribution in [2.24, 2.45) is 0 Å². The normalized spacial score (nSPS) is 18.3. The fraction of sp³-hybridized carbons (Fsp3) is 0.364. The van der Waals surface area contributed by atoms with Crippen LogP contribution in [0.4, 0.5) is 11.5 Å². The van der Waals surface area contributed by atoms with Gasteiger partial charge in [-0.3, -0.25) is 0 Å². The molecule has 0 amide bonds. The molecule has 1 atom stereocenters. The van der Waals surface area contributed by atoms with Crippen LogP contribution in [0.25, 0.3) is 0 Å². The van der Waals surface area contributed by atoms with Crippen molar-refractivity contribution in [3.63, 3.8) is 0 Å². The smallest absolute Gasteiger partial charge is 0.366 e. The molecular formula is C11H12N4O2S. The number of nitrogens with one attached hydrogen (secondary N) is 2. The SMILES string of the molecule is O=[N+]([O-])c1[nH]ncc1NC1CCCc2sccc21. The largest absolute Gasteiger partial charge is 0.370 e. The fourth-order valence-electron chi connectivity index (χ4n) is 2.35. The molecule has 18 heavy (non-hydrogen) atoms. The zero-order chi connectivity index (χ0) is 12.5. The van der Waals surface area contributed by atoms with Gasteiger partial charge in [-0.1, -0.05) is 5.10 Å². The first-order chi connectivity index (χ1) is 8.75. The van der Waals surface area contributed by atoms with Crippen LogP contribution in [0.5, 0.6) is 0 Å². The molecule has 1 aliphatic rings. The lowest BCUT2D eigenvalue weighted by atomic mass is 9.94. The summed E-state index contributed by atoms with van der Waals surface area (Å²) in [5.41, 5.74) is 1.73. The lowest BCUT2D eigenvalue weighted by Crippen LogP contribution is -2.15. The van der Waals surface area contributed by atoms with E-state index in [9.17, 15) is 10.1 Å². The van der Waals surface area contributed by atoms with Gasteiger partial charge in [-0.25, -0.2) is 0 Å². The average molecular weight is 264 g/mol. The van der Waals surface area contributed by atoms with Gasteiger partial charge in [0.25, 0.3) is 0 Å². The van der Waals surface area contributed by atoms with Crippen molar-refractivity contribution >= 4 is 22.8 Å². The van der Waals surface area contributed by atoms with Crippen molar-refractivity contribution in [2.75, 3.05) is 5.32 Å². The number of aromatic nitrogens is 2. The Morgan fingerprint density at radius 3 is 3.33 bits per heavy atom. The van der Waals surface area contributed by atoms with Gasteiger partial charge in [0, 0.05) is 4.88 Å². The molecule has 0 saturated carbocycles. The maximum absolute atomic E-state index is 10.8. The van der Waals surface area contributed by atoms with E-state index in [0.29, 0.717) is 5.69 Å². The molecule has 2 aromatic rings. The maximum atomic E-state index is 10.8. The van der Waals surface area contributed by atoms with E-state index in [0.717, 1.165) is 19.3 Å². The van der Waals surface area contributed by atoms with E-state index in [2.05, 4.69) is 27.0 Å². The molecule has 6 nitrogen and oxygen atoms in total. The van der Waals surface area contributed by atoms with Crippen molar-refractivity contribution in [2.45, 2.75) is 25.3 Å². The summed E-state index contributed by atoms with van der Waals surface area (Å²) in [6.45, 7) is 0. The zero-order valence-electron chi connectivity index (χ0n) is 9.55. The highest BCUT2D eigenvalue weighted by Gasteiger charge is 2.24. The predicted octanol–water partition coefficient (Wildman–Crippen LogP) is 2.87. The van der Waals surface area contributed by atoms with Crippen molar-refractivity contribution in [3.8, 4) is 0 Å². The summed E-state index contributed by atoms with van der Waals surface area (Å²) in [5, 5.41) is 22.2. The minimum atomic E-state index is -0.452. The van der Waals surface area contributed by atoms with Crippen LogP contribution in [0.1, 0.15) is 29.3 Å². The Morgan fingerprint density at radius 2 is 2.50 bits per heavy atom. The molecule has 0 fully saturated rings. The number of H-pyrrole nitrogens is 1. The maximum Gasteiger partial charge on any atom is 0.366 e. The standard InChI is InChI=1S/C11H12N4O2S/c16-15(17)11-9(6-12-14-11)13-8-2-1-3-10-7(8)4-5-18-10/h4-6,8,13H,1-3H2,(H,12,14). The van der Waals surface area contributed by atoms with Crippen molar-refractivity contribution in [3.05, 3.63) is 38.2 Å². The summed E-state index contributed by atoms with van der Waals surface area (Å²) >= 11 is 1.75. The second-order valence-electron chi connectivity index (χ2n) is 4.28. The number of nitro groups is 1. The second kappa shape index (κ2) is 4.41.